The Bertz CT molecular complexity index is 799. The number of carbonyl (C=O) groups is 3. The van der Waals surface area contributed by atoms with Crippen LogP contribution in [0.2, 0.25) is 0 Å². The number of aromatic nitrogens is 1. The molecule has 6 N–H and O–H groups in total. The number of nitrogens with zero attached hydrogens (tertiary/aromatic N) is 1. The van der Waals surface area contributed by atoms with Crippen molar-refractivity contribution in [3.05, 3.63) is 36.0 Å². The monoisotopic (exact) mass is 346 g/mol. The number of nitrogens with one attached hydrogen (secondary N) is 1. The molecule has 0 saturated heterocycles. The lowest BCUT2D eigenvalue weighted by Crippen LogP contribution is -2.49. The Kier molecular flexibility index (Phi) is 5.76. The van der Waals surface area contributed by atoms with E-state index in [4.69, 9.17) is 11.5 Å². The second kappa shape index (κ2) is 7.80. The number of hydrogen-bond donors (Lipinski definition) is 4. The molecule has 0 unspecified atom stereocenters. The summed E-state index contributed by atoms with van der Waals surface area (Å²) in [5, 5.41) is 12.8. The number of aliphatic carboxylic acids is 1. The quantitative estimate of drug-likeness (QED) is 0.527. The molecule has 1 aromatic carbocycles. The molecule has 1 aromatic heterocycles. The molecule has 0 radical (unpaired) electrons. The van der Waals surface area contributed by atoms with Crippen LogP contribution in [0.4, 0.5) is 0 Å². The van der Waals surface area contributed by atoms with E-state index in [2.05, 4.69) is 5.32 Å². The Morgan fingerprint density at radius 3 is 2.60 bits per heavy atom. The molecule has 0 aliphatic carbocycles. The van der Waals surface area contributed by atoms with Gasteiger partial charge in [0.05, 0.1) is 6.04 Å². The maximum atomic E-state index is 12.1. The number of para-hydroxylation sites is 1. The third-order valence-electron chi connectivity index (χ3n) is 4.06. The Morgan fingerprint density at radius 2 is 1.96 bits per heavy atom. The molecule has 0 spiro atoms. The van der Waals surface area contributed by atoms with Crippen molar-refractivity contribution < 1.29 is 19.5 Å². The van der Waals surface area contributed by atoms with Crippen molar-refractivity contribution in [3.63, 3.8) is 0 Å². The number of benzene rings is 1. The number of carbonyl (C=O) groups excluding carboxylic acids is 2. The Balaban J connectivity index is 2.11. The molecule has 2 amide bonds. The van der Waals surface area contributed by atoms with Crippen LogP contribution in [0.15, 0.2) is 30.5 Å². The van der Waals surface area contributed by atoms with E-state index >= 15 is 0 Å². The Hall–Kier alpha value is -2.87. The molecular weight excluding hydrogens is 324 g/mol. The highest BCUT2D eigenvalue weighted by atomic mass is 16.4. The molecule has 8 nitrogen and oxygen atoms in total. The number of hydrogen-bond acceptors (Lipinski definition) is 4. The molecule has 134 valence electrons. The van der Waals surface area contributed by atoms with E-state index < -0.39 is 29.9 Å². The fourth-order valence-corrected chi connectivity index (χ4v) is 2.72. The highest BCUT2D eigenvalue weighted by molar-refractivity contribution is 5.89. The second-order valence-electron chi connectivity index (χ2n) is 6.00. The summed E-state index contributed by atoms with van der Waals surface area (Å²) in [5.41, 5.74) is 12.5. The number of carboxylic acid groups (broad SMARTS) is 1. The van der Waals surface area contributed by atoms with Gasteiger partial charge in [-0.3, -0.25) is 9.59 Å². The number of primary amides is 1. The van der Waals surface area contributed by atoms with E-state index in [9.17, 15) is 19.5 Å². The van der Waals surface area contributed by atoms with Gasteiger partial charge in [0.25, 0.3) is 0 Å². The fraction of sp³-hybridized carbons (Fsp3) is 0.353. The van der Waals surface area contributed by atoms with Crippen molar-refractivity contribution >= 4 is 28.7 Å². The van der Waals surface area contributed by atoms with Crippen LogP contribution in [-0.2, 0) is 27.9 Å². The van der Waals surface area contributed by atoms with Gasteiger partial charge in [0, 0.05) is 37.0 Å². The normalized spacial score (nSPS) is 13.4. The fourth-order valence-electron chi connectivity index (χ4n) is 2.72. The van der Waals surface area contributed by atoms with E-state index in [1.54, 1.807) is 0 Å². The Morgan fingerprint density at radius 1 is 1.28 bits per heavy atom. The van der Waals surface area contributed by atoms with Crippen molar-refractivity contribution in [2.24, 2.45) is 18.5 Å². The van der Waals surface area contributed by atoms with Crippen molar-refractivity contribution in [2.45, 2.75) is 31.3 Å². The van der Waals surface area contributed by atoms with Crippen LogP contribution < -0.4 is 16.8 Å². The number of carboxylic acids is 1. The van der Waals surface area contributed by atoms with Gasteiger partial charge in [0.2, 0.25) is 11.8 Å². The predicted molar refractivity (Wildman–Crippen MR) is 92.6 cm³/mol. The maximum Gasteiger partial charge on any atom is 0.326 e. The largest absolute Gasteiger partial charge is 0.480 e. The first kappa shape index (κ1) is 18.5. The minimum Gasteiger partial charge on any atom is -0.480 e. The lowest BCUT2D eigenvalue weighted by atomic mass is 10.0. The molecular formula is C17H22N4O4. The third-order valence-corrected chi connectivity index (χ3v) is 4.06. The van der Waals surface area contributed by atoms with Gasteiger partial charge in [0.15, 0.2) is 0 Å². The average molecular weight is 346 g/mol. The summed E-state index contributed by atoms with van der Waals surface area (Å²) in [7, 11) is 1.87. The molecule has 25 heavy (non-hydrogen) atoms. The van der Waals surface area contributed by atoms with Crippen molar-refractivity contribution in [1.29, 1.82) is 0 Å². The van der Waals surface area contributed by atoms with Gasteiger partial charge >= 0.3 is 5.97 Å². The van der Waals surface area contributed by atoms with Crippen molar-refractivity contribution in [1.82, 2.24) is 9.88 Å². The number of nitrogens with two attached hydrogens (primary N) is 2. The zero-order valence-corrected chi connectivity index (χ0v) is 13.9. The van der Waals surface area contributed by atoms with E-state index in [0.29, 0.717) is 0 Å². The van der Waals surface area contributed by atoms with Crippen molar-refractivity contribution in [2.75, 3.05) is 0 Å². The van der Waals surface area contributed by atoms with Gasteiger partial charge in [0.1, 0.15) is 6.04 Å². The van der Waals surface area contributed by atoms with Crippen LogP contribution in [0.3, 0.4) is 0 Å². The summed E-state index contributed by atoms with van der Waals surface area (Å²) in [4.78, 5) is 34.4. The predicted octanol–water partition coefficient (Wildman–Crippen LogP) is -0.117. The first-order valence-electron chi connectivity index (χ1n) is 7.89. The molecule has 0 aliphatic rings. The molecule has 8 heteroatoms. The molecule has 0 fully saturated rings. The number of amides is 2. The van der Waals surface area contributed by atoms with Gasteiger partial charge in [-0.2, -0.15) is 0 Å². The van der Waals surface area contributed by atoms with Crippen LogP contribution in [0, 0.1) is 0 Å². The van der Waals surface area contributed by atoms with E-state index in [0.717, 1.165) is 16.5 Å². The molecule has 2 rings (SSSR count). The lowest BCUT2D eigenvalue weighted by molar-refractivity contribution is -0.142. The first-order chi connectivity index (χ1) is 11.8. The molecule has 0 aliphatic heterocycles. The van der Waals surface area contributed by atoms with E-state index in [1.165, 1.54) is 0 Å². The summed E-state index contributed by atoms with van der Waals surface area (Å²) in [6.07, 6.45) is 2.02. The minimum absolute atomic E-state index is 0.0321. The van der Waals surface area contributed by atoms with Gasteiger partial charge in [-0.05, 0) is 18.1 Å². The SMILES string of the molecule is Cn1cc(C[C@@H](NC(=O)[C@@H](N)CCC(N)=O)C(=O)O)c2ccccc21. The standard InChI is InChI=1S/C17H22N4O4/c1-21-9-10(11-4-2-3-5-14(11)21)8-13(17(24)25)20-16(23)12(18)6-7-15(19)22/h2-5,9,12-13H,6-8,18H2,1H3,(H2,19,22)(H,20,23)(H,24,25)/t12-,13+/m0/s1. The zero-order chi connectivity index (χ0) is 18.6. The van der Waals surface area contributed by atoms with Gasteiger partial charge in [-0.1, -0.05) is 18.2 Å². The van der Waals surface area contributed by atoms with Gasteiger partial charge in [-0.15, -0.1) is 0 Å². The minimum atomic E-state index is -1.15. The van der Waals surface area contributed by atoms with Gasteiger partial charge < -0.3 is 26.5 Å². The van der Waals surface area contributed by atoms with Crippen molar-refractivity contribution in [3.8, 4) is 0 Å². The highest BCUT2D eigenvalue weighted by Crippen LogP contribution is 2.21. The maximum absolute atomic E-state index is 12.1. The second-order valence-corrected chi connectivity index (χ2v) is 6.00. The first-order valence-corrected chi connectivity index (χ1v) is 7.89. The number of rotatable bonds is 8. The Labute approximate surface area is 144 Å². The summed E-state index contributed by atoms with van der Waals surface area (Å²) >= 11 is 0. The topological polar surface area (TPSA) is 140 Å². The molecule has 2 aromatic rings. The van der Waals surface area contributed by atoms with Crippen LogP contribution in [0.1, 0.15) is 18.4 Å². The van der Waals surface area contributed by atoms with E-state index in [-0.39, 0.29) is 19.3 Å². The molecule has 2 atom stereocenters. The highest BCUT2D eigenvalue weighted by Gasteiger charge is 2.25. The molecule has 1 heterocycles. The third kappa shape index (κ3) is 4.57. The van der Waals surface area contributed by atoms with Crippen LogP contribution in [-0.4, -0.2) is 39.5 Å². The summed E-state index contributed by atoms with van der Waals surface area (Å²) in [5.74, 6) is -2.33. The smallest absolute Gasteiger partial charge is 0.326 e. The summed E-state index contributed by atoms with van der Waals surface area (Å²) in [6.45, 7) is 0. The van der Waals surface area contributed by atoms with E-state index in [1.807, 2.05) is 42.1 Å². The van der Waals surface area contributed by atoms with Crippen LogP contribution in [0.25, 0.3) is 10.9 Å². The van der Waals surface area contributed by atoms with Crippen LogP contribution >= 0.6 is 0 Å². The number of fused-ring (bicyclic) bond motifs is 1. The average Bonchev–Trinajstić information content (AvgIpc) is 2.88. The molecule has 0 saturated carbocycles. The molecule has 0 bridgehead atoms. The van der Waals surface area contributed by atoms with Crippen LogP contribution in [0.5, 0.6) is 0 Å². The van der Waals surface area contributed by atoms with Gasteiger partial charge in [-0.25, -0.2) is 4.79 Å². The summed E-state index contributed by atoms with van der Waals surface area (Å²) in [6, 6.07) is 5.52. The number of aryl methyl sites for hydroxylation is 1. The lowest BCUT2D eigenvalue weighted by Gasteiger charge is -2.17. The summed E-state index contributed by atoms with van der Waals surface area (Å²) < 4.78 is 1.91. The zero-order valence-electron chi connectivity index (χ0n) is 13.9.